The fourth-order valence-corrected chi connectivity index (χ4v) is 2.13. The Hall–Kier alpha value is -3.02. The van der Waals surface area contributed by atoms with Gasteiger partial charge in [0, 0.05) is 5.69 Å². The van der Waals surface area contributed by atoms with Crippen LogP contribution in [0.25, 0.3) is 16.7 Å². The van der Waals surface area contributed by atoms with Crippen molar-refractivity contribution in [2.45, 2.75) is 0 Å². The van der Waals surface area contributed by atoms with Crippen LogP contribution in [0.4, 0.5) is 14.7 Å². The molecule has 0 spiro atoms. The number of anilines is 1. The molecule has 0 radical (unpaired) electrons. The summed E-state index contributed by atoms with van der Waals surface area (Å²) >= 11 is 0. The van der Waals surface area contributed by atoms with Gasteiger partial charge in [0.15, 0.2) is 5.83 Å². The number of benzene rings is 2. The van der Waals surface area contributed by atoms with Gasteiger partial charge >= 0.3 is 0 Å². The normalized spacial score (nSPS) is 10.6. The summed E-state index contributed by atoms with van der Waals surface area (Å²) in [5.41, 5.74) is 1.91. The van der Waals surface area contributed by atoms with E-state index in [1.165, 1.54) is 12.1 Å². The van der Waals surface area contributed by atoms with E-state index in [0.29, 0.717) is 16.7 Å². The highest BCUT2D eigenvalue weighted by atomic mass is 19.1. The third-order valence-electron chi connectivity index (χ3n) is 3.12. The van der Waals surface area contributed by atoms with Crippen LogP contribution in [0.2, 0.25) is 0 Å². The lowest BCUT2D eigenvalue weighted by molar-refractivity contribution is -0.114. The van der Waals surface area contributed by atoms with E-state index < -0.39 is 11.7 Å². The van der Waals surface area contributed by atoms with Gasteiger partial charge in [0.1, 0.15) is 5.82 Å². The van der Waals surface area contributed by atoms with Crippen molar-refractivity contribution in [3.8, 4) is 5.69 Å². The molecule has 22 heavy (non-hydrogen) atoms. The van der Waals surface area contributed by atoms with E-state index in [1.54, 1.807) is 34.9 Å². The van der Waals surface area contributed by atoms with Crippen LogP contribution in [0.3, 0.4) is 0 Å². The maximum absolute atomic E-state index is 13.1. The lowest BCUT2D eigenvalue weighted by Gasteiger charge is -2.09. The van der Waals surface area contributed by atoms with Gasteiger partial charge in [-0.05, 0) is 36.4 Å². The minimum Gasteiger partial charge on any atom is -0.290 e. The van der Waals surface area contributed by atoms with Gasteiger partial charge < -0.3 is 0 Å². The summed E-state index contributed by atoms with van der Waals surface area (Å²) in [6.45, 7) is 2.95. The van der Waals surface area contributed by atoms with E-state index in [2.05, 4.69) is 16.9 Å². The molecule has 110 valence electrons. The van der Waals surface area contributed by atoms with Crippen molar-refractivity contribution in [2.24, 2.45) is 0 Å². The number of nitrogens with one attached hydrogen (secondary N) is 1. The standard InChI is InChI=1S/C16H11F2N3O/c1-10(17)15(22)20-16-19-13-4-2-3-5-14(13)21(16)12-8-6-11(18)7-9-12/h2-9H,1H2,(H,19,20,22). The Balaban J connectivity index is 2.18. The number of rotatable bonds is 3. The van der Waals surface area contributed by atoms with Crippen molar-refractivity contribution in [3.05, 3.63) is 66.8 Å². The lowest BCUT2D eigenvalue weighted by atomic mass is 10.3. The van der Waals surface area contributed by atoms with Gasteiger partial charge in [-0.2, -0.15) is 0 Å². The van der Waals surface area contributed by atoms with E-state index in [4.69, 9.17) is 0 Å². The molecule has 0 unspecified atom stereocenters. The molecule has 1 N–H and O–H groups in total. The maximum Gasteiger partial charge on any atom is 0.286 e. The van der Waals surface area contributed by atoms with E-state index in [1.807, 2.05) is 6.07 Å². The smallest absolute Gasteiger partial charge is 0.286 e. The van der Waals surface area contributed by atoms with Gasteiger partial charge in [-0.25, -0.2) is 13.8 Å². The molecule has 0 aliphatic carbocycles. The Bertz CT molecular complexity index is 869. The van der Waals surface area contributed by atoms with Crippen molar-refractivity contribution in [2.75, 3.05) is 5.32 Å². The molecule has 0 saturated carbocycles. The van der Waals surface area contributed by atoms with Gasteiger partial charge in [-0.15, -0.1) is 0 Å². The number of carbonyl (C=O) groups excluding carboxylic acids is 1. The molecule has 6 heteroatoms. The van der Waals surface area contributed by atoms with Gasteiger partial charge in [-0.3, -0.25) is 14.7 Å². The molecule has 4 nitrogen and oxygen atoms in total. The van der Waals surface area contributed by atoms with Crippen molar-refractivity contribution >= 4 is 22.9 Å². The molecule has 0 aliphatic heterocycles. The summed E-state index contributed by atoms with van der Waals surface area (Å²) < 4.78 is 27.6. The minimum absolute atomic E-state index is 0.136. The summed E-state index contributed by atoms with van der Waals surface area (Å²) in [5.74, 6) is -2.33. The van der Waals surface area contributed by atoms with Gasteiger partial charge in [0.2, 0.25) is 5.95 Å². The molecule has 1 heterocycles. The first kappa shape index (κ1) is 13.9. The van der Waals surface area contributed by atoms with Crippen LogP contribution in [-0.2, 0) is 4.79 Å². The summed E-state index contributed by atoms with van der Waals surface area (Å²) in [5, 5.41) is 2.36. The number of imidazole rings is 1. The van der Waals surface area contributed by atoms with Crippen molar-refractivity contribution in [3.63, 3.8) is 0 Å². The third-order valence-corrected chi connectivity index (χ3v) is 3.12. The zero-order valence-corrected chi connectivity index (χ0v) is 11.4. The first-order chi connectivity index (χ1) is 10.6. The van der Waals surface area contributed by atoms with Crippen LogP contribution in [0.15, 0.2) is 60.9 Å². The molecule has 1 amide bonds. The molecule has 0 bridgehead atoms. The van der Waals surface area contributed by atoms with Crippen molar-refractivity contribution in [1.82, 2.24) is 9.55 Å². The number of carbonyl (C=O) groups is 1. The molecular weight excluding hydrogens is 288 g/mol. The Morgan fingerprint density at radius 2 is 1.82 bits per heavy atom. The fourth-order valence-electron chi connectivity index (χ4n) is 2.13. The first-order valence-electron chi connectivity index (χ1n) is 6.45. The van der Waals surface area contributed by atoms with Crippen LogP contribution in [0, 0.1) is 5.82 Å². The Kier molecular flexibility index (Phi) is 3.42. The van der Waals surface area contributed by atoms with E-state index in [9.17, 15) is 13.6 Å². The van der Waals surface area contributed by atoms with Gasteiger partial charge in [0.25, 0.3) is 5.91 Å². The van der Waals surface area contributed by atoms with Crippen molar-refractivity contribution in [1.29, 1.82) is 0 Å². The van der Waals surface area contributed by atoms with Gasteiger partial charge in [-0.1, -0.05) is 18.7 Å². The molecule has 0 saturated heterocycles. The van der Waals surface area contributed by atoms with E-state index in [-0.39, 0.29) is 11.8 Å². The fraction of sp³-hybridized carbons (Fsp3) is 0. The van der Waals surface area contributed by atoms with Crippen LogP contribution >= 0.6 is 0 Å². The average molecular weight is 299 g/mol. The van der Waals surface area contributed by atoms with Crippen LogP contribution < -0.4 is 5.32 Å². The number of fused-ring (bicyclic) bond motifs is 1. The summed E-state index contributed by atoms with van der Waals surface area (Å²) in [4.78, 5) is 15.8. The van der Waals surface area contributed by atoms with Crippen molar-refractivity contribution < 1.29 is 13.6 Å². The molecule has 3 rings (SSSR count). The molecule has 0 atom stereocenters. The van der Waals surface area contributed by atoms with Crippen LogP contribution in [0.5, 0.6) is 0 Å². The number of para-hydroxylation sites is 2. The maximum atomic E-state index is 13.1. The number of halogens is 2. The number of amides is 1. The van der Waals surface area contributed by atoms with Crippen LogP contribution in [0.1, 0.15) is 0 Å². The third kappa shape index (κ3) is 2.46. The first-order valence-corrected chi connectivity index (χ1v) is 6.45. The Morgan fingerprint density at radius 1 is 1.14 bits per heavy atom. The number of nitrogens with zero attached hydrogens (tertiary/aromatic N) is 2. The zero-order chi connectivity index (χ0) is 15.7. The SMILES string of the molecule is C=C(F)C(=O)Nc1nc2ccccc2n1-c1ccc(F)cc1. The molecule has 0 fully saturated rings. The van der Waals surface area contributed by atoms with Crippen LogP contribution in [-0.4, -0.2) is 15.5 Å². The number of hydrogen-bond acceptors (Lipinski definition) is 2. The quantitative estimate of drug-likeness (QED) is 0.751. The summed E-state index contributed by atoms with van der Waals surface area (Å²) in [6, 6.07) is 12.8. The second-order valence-electron chi connectivity index (χ2n) is 4.59. The second kappa shape index (κ2) is 5.40. The zero-order valence-electron chi connectivity index (χ0n) is 11.4. The van der Waals surface area contributed by atoms with Gasteiger partial charge in [0.05, 0.1) is 11.0 Å². The highest BCUT2D eigenvalue weighted by Gasteiger charge is 2.16. The molecule has 0 aliphatic rings. The lowest BCUT2D eigenvalue weighted by Crippen LogP contribution is -2.15. The molecule has 2 aromatic carbocycles. The monoisotopic (exact) mass is 299 g/mol. The Labute approximate surface area is 124 Å². The minimum atomic E-state index is -1.11. The van der Waals surface area contributed by atoms with E-state index >= 15 is 0 Å². The Morgan fingerprint density at radius 3 is 2.50 bits per heavy atom. The highest BCUT2D eigenvalue weighted by Crippen LogP contribution is 2.25. The van der Waals surface area contributed by atoms with E-state index in [0.717, 1.165) is 0 Å². The topological polar surface area (TPSA) is 46.9 Å². The molecule has 3 aromatic rings. The average Bonchev–Trinajstić information content (AvgIpc) is 2.86. The predicted molar refractivity (Wildman–Crippen MR) is 79.9 cm³/mol. The second-order valence-corrected chi connectivity index (χ2v) is 4.59. The number of aromatic nitrogens is 2. The summed E-state index contributed by atoms with van der Waals surface area (Å²) in [6.07, 6.45) is 0. The number of hydrogen-bond donors (Lipinski definition) is 1. The highest BCUT2D eigenvalue weighted by molar-refractivity contribution is 6.01. The summed E-state index contributed by atoms with van der Waals surface area (Å²) in [7, 11) is 0. The predicted octanol–water partition coefficient (Wildman–Crippen LogP) is 3.59. The molecular formula is C16H11F2N3O. The largest absolute Gasteiger partial charge is 0.290 e. The molecule has 1 aromatic heterocycles.